The Morgan fingerprint density at radius 3 is 2.62 bits per heavy atom. The highest BCUT2D eigenvalue weighted by Crippen LogP contribution is 2.38. The normalized spacial score (nSPS) is 17.7. The quantitative estimate of drug-likeness (QED) is 0.305. The van der Waals surface area contributed by atoms with E-state index in [4.69, 9.17) is 10.5 Å². The molecule has 0 fully saturated rings. The topological polar surface area (TPSA) is 105 Å². The summed E-state index contributed by atoms with van der Waals surface area (Å²) in [5.74, 6) is -1.04. The van der Waals surface area contributed by atoms with E-state index >= 15 is 0 Å². The number of hydrogen-bond acceptors (Lipinski definition) is 5. The number of carboxylic acids is 1. The Kier molecular flexibility index (Phi) is 10.4. The highest BCUT2D eigenvalue weighted by Gasteiger charge is 2.39. The minimum absolute atomic E-state index is 0.00969. The molecule has 3 rings (SSSR count). The number of fused-ring (bicyclic) bond motifs is 1. The molecule has 0 spiro atoms. The molecule has 11 heteroatoms. The standard InChI is InChI=1S/C29H38F3N3O4S/c1-5-12-34-16-24(33)18-39-26(28(3,4)27(36)37)21-9-8-19(2)22(14-21)17-35-13-6-7-20-10-11-23(29(30,31)32)15-25(20)40(35)38/h8-11,14-16,26,34H,5-7,12-13,17-18,33H2,1-4H3,(H,36,37)/b24-16-. The zero-order chi connectivity index (χ0) is 29.7. The molecule has 0 radical (unpaired) electrons. The summed E-state index contributed by atoms with van der Waals surface area (Å²) < 4.78 is 61.4. The number of rotatable bonds is 11. The Morgan fingerprint density at radius 1 is 1.25 bits per heavy atom. The molecule has 1 aliphatic heterocycles. The Labute approximate surface area is 236 Å². The van der Waals surface area contributed by atoms with Crippen LogP contribution in [0.15, 0.2) is 53.2 Å². The van der Waals surface area contributed by atoms with Crippen molar-refractivity contribution < 1.29 is 32.0 Å². The van der Waals surface area contributed by atoms with Gasteiger partial charge in [0.15, 0.2) is 0 Å². The number of aliphatic carboxylic acids is 1. The Bertz CT molecular complexity index is 1260. The van der Waals surface area contributed by atoms with Crippen LogP contribution in [0.3, 0.4) is 0 Å². The third-order valence-electron chi connectivity index (χ3n) is 7.00. The lowest BCUT2D eigenvalue weighted by Gasteiger charge is -2.31. The van der Waals surface area contributed by atoms with E-state index in [0.717, 1.165) is 36.2 Å². The van der Waals surface area contributed by atoms with E-state index in [1.807, 2.05) is 26.0 Å². The van der Waals surface area contributed by atoms with Crippen molar-refractivity contribution in [1.82, 2.24) is 9.62 Å². The molecule has 2 aromatic carbocycles. The number of carboxylic acid groups (broad SMARTS) is 1. The first-order valence-corrected chi connectivity index (χ1v) is 14.4. The van der Waals surface area contributed by atoms with Gasteiger partial charge in [-0.3, -0.25) is 4.79 Å². The van der Waals surface area contributed by atoms with E-state index in [9.17, 15) is 27.3 Å². The van der Waals surface area contributed by atoms with Crippen molar-refractivity contribution in [3.63, 3.8) is 0 Å². The van der Waals surface area contributed by atoms with Crippen LogP contribution in [-0.2, 0) is 39.7 Å². The van der Waals surface area contributed by atoms with Crippen LogP contribution in [0.4, 0.5) is 13.2 Å². The number of hydrogen-bond donors (Lipinski definition) is 3. The van der Waals surface area contributed by atoms with Gasteiger partial charge in [0.2, 0.25) is 0 Å². The molecule has 0 saturated heterocycles. The molecule has 2 aromatic rings. The van der Waals surface area contributed by atoms with Gasteiger partial charge >= 0.3 is 12.1 Å². The second-order valence-corrected chi connectivity index (χ2v) is 12.1. The Hall–Kier alpha value is -2.89. The van der Waals surface area contributed by atoms with Crippen molar-refractivity contribution in [3.05, 3.63) is 76.1 Å². The van der Waals surface area contributed by atoms with Crippen molar-refractivity contribution in [3.8, 4) is 0 Å². The van der Waals surface area contributed by atoms with Gasteiger partial charge in [0, 0.05) is 25.8 Å². The Balaban J connectivity index is 1.91. The number of halogens is 3. The number of benzene rings is 2. The van der Waals surface area contributed by atoms with Crippen LogP contribution in [0, 0.1) is 12.3 Å². The first-order valence-electron chi connectivity index (χ1n) is 13.2. The molecule has 0 aliphatic carbocycles. The minimum Gasteiger partial charge on any atom is -0.481 e. The summed E-state index contributed by atoms with van der Waals surface area (Å²) in [6.45, 7) is 8.45. The maximum absolute atomic E-state index is 13.5. The fourth-order valence-electron chi connectivity index (χ4n) is 4.52. The van der Waals surface area contributed by atoms with Gasteiger partial charge in [-0.2, -0.15) is 13.2 Å². The zero-order valence-electron chi connectivity index (χ0n) is 23.3. The second-order valence-electron chi connectivity index (χ2n) is 10.6. The maximum atomic E-state index is 13.5. The first-order chi connectivity index (χ1) is 18.8. The van der Waals surface area contributed by atoms with Crippen LogP contribution in [0.5, 0.6) is 0 Å². The van der Waals surface area contributed by atoms with Crippen molar-refractivity contribution in [2.45, 2.75) is 70.7 Å². The predicted molar refractivity (Wildman–Crippen MR) is 148 cm³/mol. The van der Waals surface area contributed by atoms with E-state index < -0.39 is 40.2 Å². The number of alkyl halides is 3. The van der Waals surface area contributed by atoms with Crippen LogP contribution in [0.2, 0.25) is 0 Å². The highest BCUT2D eigenvalue weighted by molar-refractivity contribution is 7.82. The van der Waals surface area contributed by atoms with E-state index in [1.165, 1.54) is 6.07 Å². The van der Waals surface area contributed by atoms with Gasteiger partial charge in [-0.1, -0.05) is 31.2 Å². The van der Waals surface area contributed by atoms with E-state index in [1.54, 1.807) is 30.4 Å². The van der Waals surface area contributed by atoms with Crippen molar-refractivity contribution in [2.75, 3.05) is 19.7 Å². The van der Waals surface area contributed by atoms with Gasteiger partial charge < -0.3 is 20.9 Å². The molecule has 2 unspecified atom stereocenters. The zero-order valence-corrected chi connectivity index (χ0v) is 24.1. The molecule has 220 valence electrons. The maximum Gasteiger partial charge on any atom is 0.416 e. The molecular weight excluding hydrogens is 543 g/mol. The molecule has 7 nitrogen and oxygen atoms in total. The van der Waals surface area contributed by atoms with Crippen molar-refractivity contribution in [1.29, 1.82) is 0 Å². The fraction of sp³-hybridized carbons (Fsp3) is 0.483. The van der Waals surface area contributed by atoms with E-state index in [0.29, 0.717) is 36.2 Å². The molecule has 2 atom stereocenters. The largest absolute Gasteiger partial charge is 0.481 e. The van der Waals surface area contributed by atoms with Crippen molar-refractivity contribution >= 4 is 17.0 Å². The molecule has 0 bridgehead atoms. The summed E-state index contributed by atoms with van der Waals surface area (Å²) in [6.07, 6.45) is -1.66. The summed E-state index contributed by atoms with van der Waals surface area (Å²) in [5.41, 5.74) is 7.27. The highest BCUT2D eigenvalue weighted by atomic mass is 32.2. The number of carbonyl (C=O) groups is 1. The first kappa shape index (κ1) is 31.6. The lowest BCUT2D eigenvalue weighted by Crippen LogP contribution is -2.34. The average molecular weight is 582 g/mol. The molecule has 4 N–H and O–H groups in total. The van der Waals surface area contributed by atoms with Gasteiger partial charge in [-0.15, -0.1) is 0 Å². The van der Waals surface area contributed by atoms with Crippen LogP contribution in [0.25, 0.3) is 0 Å². The lowest BCUT2D eigenvalue weighted by atomic mass is 9.81. The summed E-state index contributed by atoms with van der Waals surface area (Å²) in [5, 5.41) is 13.0. The van der Waals surface area contributed by atoms with Gasteiger partial charge in [0.1, 0.15) is 11.0 Å². The van der Waals surface area contributed by atoms with Crippen LogP contribution >= 0.6 is 0 Å². The van der Waals surface area contributed by atoms with Crippen LogP contribution < -0.4 is 11.1 Å². The number of nitrogens with one attached hydrogen (secondary N) is 1. The average Bonchev–Trinajstić information content (AvgIpc) is 3.03. The molecule has 1 heterocycles. The van der Waals surface area contributed by atoms with Gasteiger partial charge in [0.25, 0.3) is 0 Å². The summed E-state index contributed by atoms with van der Waals surface area (Å²) in [4.78, 5) is 12.4. The smallest absolute Gasteiger partial charge is 0.416 e. The van der Waals surface area contributed by atoms with Gasteiger partial charge in [-0.05, 0) is 74.4 Å². The second kappa shape index (κ2) is 13.2. The van der Waals surface area contributed by atoms with Gasteiger partial charge in [0.05, 0.1) is 34.3 Å². The van der Waals surface area contributed by atoms with Crippen LogP contribution in [-0.4, -0.2) is 39.3 Å². The monoisotopic (exact) mass is 581 g/mol. The SMILES string of the molecule is CCCN/C=C(\N)COC(c1ccc(C)c(CN2CCCc3ccc(C(F)(F)F)cc3S2=O)c1)C(C)(C)C(=O)O. The third kappa shape index (κ3) is 7.64. The number of ether oxygens (including phenoxy) is 1. The summed E-state index contributed by atoms with van der Waals surface area (Å²) in [6, 6.07) is 8.91. The number of nitrogens with zero attached hydrogens (tertiary/aromatic N) is 1. The molecule has 0 amide bonds. The molecule has 1 aliphatic rings. The molecule has 0 saturated carbocycles. The lowest BCUT2D eigenvalue weighted by molar-refractivity contribution is -0.156. The third-order valence-corrected chi connectivity index (χ3v) is 8.54. The Morgan fingerprint density at radius 2 is 1.98 bits per heavy atom. The number of aryl methyl sites for hydroxylation is 2. The van der Waals surface area contributed by atoms with E-state index in [-0.39, 0.29) is 18.0 Å². The summed E-state index contributed by atoms with van der Waals surface area (Å²) >= 11 is 0. The van der Waals surface area contributed by atoms with Crippen molar-refractivity contribution in [2.24, 2.45) is 11.1 Å². The number of nitrogens with two attached hydrogens (primary N) is 1. The summed E-state index contributed by atoms with van der Waals surface area (Å²) in [7, 11) is -1.80. The molecule has 0 aromatic heterocycles. The predicted octanol–water partition coefficient (Wildman–Crippen LogP) is 5.45. The van der Waals surface area contributed by atoms with Gasteiger partial charge in [-0.25, -0.2) is 8.51 Å². The fourth-order valence-corrected chi connectivity index (χ4v) is 5.97. The molecular formula is C29H38F3N3O4S. The minimum atomic E-state index is -4.53. The molecule has 40 heavy (non-hydrogen) atoms. The van der Waals surface area contributed by atoms with Crippen LogP contribution in [0.1, 0.15) is 67.5 Å². The van der Waals surface area contributed by atoms with E-state index in [2.05, 4.69) is 5.32 Å².